The molecule has 0 fully saturated rings. The topological polar surface area (TPSA) is 61.0 Å². The summed E-state index contributed by atoms with van der Waals surface area (Å²) in [4.78, 5) is 8.66. The molecule has 2 aromatic carbocycles. The summed E-state index contributed by atoms with van der Waals surface area (Å²) < 4.78 is 6.22. The van der Waals surface area contributed by atoms with Gasteiger partial charge in [0.05, 0.1) is 11.2 Å². The van der Waals surface area contributed by atoms with E-state index in [1.165, 1.54) is 0 Å². The fourth-order valence-electron chi connectivity index (χ4n) is 2.79. The molecule has 4 nitrogen and oxygen atoms in total. The molecule has 0 aliphatic carbocycles. The molecule has 0 saturated carbocycles. The van der Waals surface area contributed by atoms with E-state index < -0.39 is 5.60 Å². The number of aromatic nitrogens is 2. The number of fused-ring (bicyclic) bond motifs is 1. The Bertz CT molecular complexity index is 893. The molecule has 0 unspecified atom stereocenters. The zero-order chi connectivity index (χ0) is 17.3. The number of aryl methyl sites for hydroxylation is 1. The lowest BCUT2D eigenvalue weighted by Crippen LogP contribution is -2.32. The molecule has 0 aliphatic heterocycles. The largest absolute Gasteiger partial charge is 0.487 e. The number of hydrogen-bond acceptors (Lipinski definition) is 4. The average molecular weight is 342 g/mol. The zero-order valence-electron chi connectivity index (χ0n) is 14.0. The quantitative estimate of drug-likeness (QED) is 0.557. The minimum Gasteiger partial charge on any atom is -0.487 e. The SMILES string of the molecule is Cc1ccccc1OC(C)(C)Cc1nc(Cl)nc2cccc(N)c12. The molecule has 0 atom stereocenters. The van der Waals surface area contributed by atoms with Crippen LogP contribution >= 0.6 is 11.6 Å². The van der Waals surface area contributed by atoms with Crippen LogP contribution in [0.1, 0.15) is 25.1 Å². The summed E-state index contributed by atoms with van der Waals surface area (Å²) in [5.41, 5.74) is 8.94. The molecule has 0 saturated heterocycles. The van der Waals surface area contributed by atoms with Crippen LogP contribution in [0.2, 0.25) is 5.28 Å². The lowest BCUT2D eigenvalue weighted by atomic mass is 9.98. The van der Waals surface area contributed by atoms with Crippen LogP contribution in [0.3, 0.4) is 0 Å². The van der Waals surface area contributed by atoms with E-state index in [-0.39, 0.29) is 5.28 Å². The van der Waals surface area contributed by atoms with E-state index in [9.17, 15) is 0 Å². The second-order valence-corrected chi connectivity index (χ2v) is 6.82. The van der Waals surface area contributed by atoms with E-state index in [1.807, 2.05) is 63.2 Å². The van der Waals surface area contributed by atoms with Gasteiger partial charge in [0.25, 0.3) is 0 Å². The van der Waals surface area contributed by atoms with Crippen LogP contribution in [0.15, 0.2) is 42.5 Å². The summed E-state index contributed by atoms with van der Waals surface area (Å²) in [6, 6.07) is 13.5. The van der Waals surface area contributed by atoms with Crippen molar-refractivity contribution >= 4 is 28.2 Å². The molecular formula is C19H20ClN3O. The lowest BCUT2D eigenvalue weighted by molar-refractivity contribution is 0.108. The molecule has 0 aliphatic rings. The number of nitrogens with zero attached hydrogens (tertiary/aromatic N) is 2. The Hall–Kier alpha value is -2.33. The van der Waals surface area contributed by atoms with Gasteiger partial charge in [-0.25, -0.2) is 9.97 Å². The molecule has 0 amide bonds. The van der Waals surface area contributed by atoms with Gasteiger partial charge in [0, 0.05) is 17.5 Å². The first-order valence-electron chi connectivity index (χ1n) is 7.81. The van der Waals surface area contributed by atoms with Crippen LogP contribution in [0.5, 0.6) is 5.75 Å². The second-order valence-electron chi connectivity index (χ2n) is 6.48. The average Bonchev–Trinajstić information content (AvgIpc) is 2.48. The van der Waals surface area contributed by atoms with Gasteiger partial charge in [-0.05, 0) is 56.1 Å². The van der Waals surface area contributed by atoms with E-state index >= 15 is 0 Å². The van der Waals surface area contributed by atoms with Crippen molar-refractivity contribution < 1.29 is 4.74 Å². The van der Waals surface area contributed by atoms with Crippen LogP contribution in [-0.4, -0.2) is 15.6 Å². The van der Waals surface area contributed by atoms with Gasteiger partial charge in [0.15, 0.2) is 0 Å². The van der Waals surface area contributed by atoms with Crippen molar-refractivity contribution in [1.29, 1.82) is 0 Å². The number of halogens is 1. The van der Waals surface area contributed by atoms with Gasteiger partial charge in [-0.15, -0.1) is 0 Å². The molecule has 3 rings (SSSR count). The highest BCUT2D eigenvalue weighted by molar-refractivity contribution is 6.28. The van der Waals surface area contributed by atoms with Gasteiger partial charge >= 0.3 is 0 Å². The number of hydrogen-bond donors (Lipinski definition) is 1. The van der Waals surface area contributed by atoms with E-state index in [2.05, 4.69) is 9.97 Å². The second kappa shape index (κ2) is 6.29. The highest BCUT2D eigenvalue weighted by Crippen LogP contribution is 2.29. The van der Waals surface area contributed by atoms with Crippen LogP contribution in [0.4, 0.5) is 5.69 Å². The number of nitrogen functional groups attached to an aromatic ring is 1. The Morgan fingerprint density at radius 3 is 2.58 bits per heavy atom. The van der Waals surface area contributed by atoms with E-state index in [0.717, 1.165) is 27.9 Å². The molecule has 24 heavy (non-hydrogen) atoms. The van der Waals surface area contributed by atoms with Crippen LogP contribution in [-0.2, 0) is 6.42 Å². The maximum absolute atomic E-state index is 6.22. The first-order chi connectivity index (χ1) is 11.4. The summed E-state index contributed by atoms with van der Waals surface area (Å²) in [5.74, 6) is 0.861. The Kier molecular flexibility index (Phi) is 4.33. The van der Waals surface area contributed by atoms with Crippen LogP contribution < -0.4 is 10.5 Å². The van der Waals surface area contributed by atoms with Crippen molar-refractivity contribution in [3.63, 3.8) is 0 Å². The predicted molar refractivity (Wildman–Crippen MR) is 98.6 cm³/mol. The maximum atomic E-state index is 6.22. The van der Waals surface area contributed by atoms with Crippen molar-refractivity contribution in [2.45, 2.75) is 32.8 Å². The Morgan fingerprint density at radius 2 is 1.83 bits per heavy atom. The third-order valence-electron chi connectivity index (χ3n) is 3.88. The molecule has 0 spiro atoms. The van der Waals surface area contributed by atoms with Gasteiger partial charge in [-0.2, -0.15) is 0 Å². The summed E-state index contributed by atoms with van der Waals surface area (Å²) in [6.45, 7) is 6.08. The minimum atomic E-state index is -0.473. The van der Waals surface area contributed by atoms with E-state index in [0.29, 0.717) is 12.1 Å². The zero-order valence-corrected chi connectivity index (χ0v) is 14.8. The van der Waals surface area contributed by atoms with Crippen molar-refractivity contribution in [2.24, 2.45) is 0 Å². The lowest BCUT2D eigenvalue weighted by Gasteiger charge is -2.27. The van der Waals surface area contributed by atoms with Crippen molar-refractivity contribution in [3.05, 3.63) is 59.0 Å². The van der Waals surface area contributed by atoms with E-state index in [1.54, 1.807) is 0 Å². The number of nitrogens with two attached hydrogens (primary N) is 1. The molecule has 0 radical (unpaired) electrons. The molecule has 3 aromatic rings. The Balaban J connectivity index is 1.98. The maximum Gasteiger partial charge on any atom is 0.223 e. The molecule has 5 heteroatoms. The number of benzene rings is 2. The van der Waals surface area contributed by atoms with Gasteiger partial charge in [-0.3, -0.25) is 0 Å². The predicted octanol–water partition coefficient (Wildman–Crippen LogP) is 4.57. The van der Waals surface area contributed by atoms with Crippen molar-refractivity contribution in [2.75, 3.05) is 5.73 Å². The Labute approximate surface area is 146 Å². The number of para-hydroxylation sites is 1. The normalized spacial score (nSPS) is 11.7. The first-order valence-corrected chi connectivity index (χ1v) is 8.19. The third kappa shape index (κ3) is 3.44. The molecule has 1 aromatic heterocycles. The number of rotatable bonds is 4. The summed E-state index contributed by atoms with van der Waals surface area (Å²) in [6.07, 6.45) is 0.564. The van der Waals surface area contributed by atoms with Gasteiger partial charge in [-0.1, -0.05) is 24.3 Å². The van der Waals surface area contributed by atoms with Crippen LogP contribution in [0, 0.1) is 6.92 Å². The summed E-state index contributed by atoms with van der Waals surface area (Å²) >= 11 is 6.09. The first kappa shape index (κ1) is 16.5. The molecule has 2 N–H and O–H groups in total. The van der Waals surface area contributed by atoms with Gasteiger partial charge < -0.3 is 10.5 Å². The van der Waals surface area contributed by atoms with Gasteiger partial charge in [0.2, 0.25) is 5.28 Å². The molecule has 124 valence electrons. The number of ether oxygens (including phenoxy) is 1. The van der Waals surface area contributed by atoms with E-state index in [4.69, 9.17) is 22.1 Å². The highest BCUT2D eigenvalue weighted by Gasteiger charge is 2.24. The molecule has 0 bridgehead atoms. The standard InChI is InChI=1S/C19H20ClN3O/c1-12-7-4-5-10-16(12)24-19(2,3)11-15-17-13(21)8-6-9-14(17)22-18(20)23-15/h4-10H,11,21H2,1-3H3. The van der Waals surface area contributed by atoms with Crippen molar-refractivity contribution in [1.82, 2.24) is 9.97 Å². The molecular weight excluding hydrogens is 322 g/mol. The van der Waals surface area contributed by atoms with Crippen molar-refractivity contribution in [3.8, 4) is 5.75 Å². The molecule has 1 heterocycles. The smallest absolute Gasteiger partial charge is 0.223 e. The minimum absolute atomic E-state index is 0.217. The fourth-order valence-corrected chi connectivity index (χ4v) is 2.99. The van der Waals surface area contributed by atoms with Gasteiger partial charge in [0.1, 0.15) is 11.4 Å². The fraction of sp³-hybridized carbons (Fsp3) is 0.263. The third-order valence-corrected chi connectivity index (χ3v) is 4.05. The summed E-state index contributed by atoms with van der Waals surface area (Å²) in [5, 5.41) is 1.05. The highest BCUT2D eigenvalue weighted by atomic mass is 35.5. The summed E-state index contributed by atoms with van der Waals surface area (Å²) in [7, 11) is 0. The monoisotopic (exact) mass is 341 g/mol. The Morgan fingerprint density at radius 1 is 1.08 bits per heavy atom. The van der Waals surface area contributed by atoms with Crippen LogP contribution in [0.25, 0.3) is 10.9 Å². The number of anilines is 1.